The Morgan fingerprint density at radius 2 is 1.55 bits per heavy atom. The molecule has 0 bridgehead atoms. The van der Waals surface area contributed by atoms with Crippen molar-refractivity contribution in [2.75, 3.05) is 7.11 Å². The minimum atomic E-state index is -1.29. The first-order valence-corrected chi connectivity index (χ1v) is 10.1. The molecular weight excluding hydrogens is 436 g/mol. The molecule has 6 heteroatoms. The number of carbonyl (C=O) groups excluding carboxylic acids is 3. The second-order valence-electron chi connectivity index (χ2n) is 8.10. The summed E-state index contributed by atoms with van der Waals surface area (Å²) in [5.41, 5.74) is -0.613. The van der Waals surface area contributed by atoms with Crippen molar-refractivity contribution in [2.24, 2.45) is 5.92 Å². The Morgan fingerprint density at radius 3 is 2.07 bits per heavy atom. The van der Waals surface area contributed by atoms with Crippen LogP contribution < -0.4 is 0 Å². The van der Waals surface area contributed by atoms with Crippen molar-refractivity contribution in [1.82, 2.24) is 0 Å². The summed E-state index contributed by atoms with van der Waals surface area (Å²) in [6, 6.07) is 16.4. The highest BCUT2D eigenvalue weighted by Gasteiger charge is 2.76. The molecule has 1 saturated carbocycles. The van der Waals surface area contributed by atoms with Crippen LogP contribution in [0, 0.1) is 5.92 Å². The molecule has 152 valence electrons. The van der Waals surface area contributed by atoms with Gasteiger partial charge in [0.15, 0.2) is 0 Å². The second kappa shape index (κ2) is 7.75. The van der Waals surface area contributed by atoms with Crippen LogP contribution in [0.4, 0.5) is 0 Å². The Balaban J connectivity index is 2.20. The van der Waals surface area contributed by atoms with Gasteiger partial charge in [-0.05, 0) is 44.0 Å². The minimum absolute atomic E-state index is 0.522. The fourth-order valence-corrected chi connectivity index (χ4v) is 4.17. The van der Waals surface area contributed by atoms with Gasteiger partial charge < -0.3 is 9.47 Å². The number of hydrogen-bond donors (Lipinski definition) is 0. The Kier molecular flexibility index (Phi) is 5.68. The lowest BCUT2D eigenvalue weighted by Gasteiger charge is -2.25. The van der Waals surface area contributed by atoms with E-state index in [-0.39, 0.29) is 0 Å². The van der Waals surface area contributed by atoms with E-state index in [1.165, 1.54) is 0 Å². The van der Waals surface area contributed by atoms with E-state index >= 15 is 0 Å². The van der Waals surface area contributed by atoms with Gasteiger partial charge in [-0.2, -0.15) is 0 Å². The molecular formula is C23H23BrO5. The number of benzene rings is 2. The molecule has 3 rings (SSSR count). The van der Waals surface area contributed by atoms with Gasteiger partial charge in [0.25, 0.3) is 0 Å². The van der Waals surface area contributed by atoms with Gasteiger partial charge in [-0.3, -0.25) is 9.59 Å². The van der Waals surface area contributed by atoms with E-state index in [9.17, 15) is 14.4 Å². The molecule has 0 aromatic heterocycles. The van der Waals surface area contributed by atoms with E-state index in [4.69, 9.17) is 4.74 Å². The molecule has 29 heavy (non-hydrogen) atoms. The number of ether oxygens (including phenoxy) is 2. The van der Waals surface area contributed by atoms with E-state index < -0.39 is 40.6 Å². The number of esters is 2. The first-order chi connectivity index (χ1) is 13.6. The fourth-order valence-electron chi connectivity index (χ4n) is 3.91. The summed E-state index contributed by atoms with van der Waals surface area (Å²) < 4.78 is 11.3. The molecule has 0 aliphatic heterocycles. The Morgan fingerprint density at radius 1 is 0.966 bits per heavy atom. The van der Waals surface area contributed by atoms with Crippen LogP contribution in [0.3, 0.4) is 0 Å². The lowest BCUT2D eigenvalue weighted by atomic mass is 9.89. The standard InChI is InChI=1S/C23H23BrO5/c1-22(2,3)29-21(27)23(15-10-12-16(24)13-11-15)17(14-8-6-5-7-9-14)18(23)19(25)20(26)28-4/h5-13,17-18H,1-4H3/t17-,18+,23-/m1/s1. The van der Waals surface area contributed by atoms with Crippen LogP contribution in [0.5, 0.6) is 0 Å². The monoisotopic (exact) mass is 458 g/mol. The summed E-state index contributed by atoms with van der Waals surface area (Å²) >= 11 is 3.40. The van der Waals surface area contributed by atoms with Gasteiger partial charge in [-0.15, -0.1) is 0 Å². The Labute approximate surface area is 178 Å². The number of hydrogen-bond acceptors (Lipinski definition) is 5. The molecule has 1 fully saturated rings. The summed E-state index contributed by atoms with van der Waals surface area (Å²) in [6.07, 6.45) is 0. The molecule has 0 amide bonds. The zero-order valence-corrected chi connectivity index (χ0v) is 18.4. The molecule has 2 aromatic carbocycles. The van der Waals surface area contributed by atoms with E-state index in [0.29, 0.717) is 5.56 Å². The number of carbonyl (C=O) groups is 3. The number of ketones is 1. The number of methoxy groups -OCH3 is 1. The molecule has 3 atom stereocenters. The van der Waals surface area contributed by atoms with Crippen molar-refractivity contribution in [3.05, 3.63) is 70.2 Å². The molecule has 0 saturated heterocycles. The fraction of sp³-hybridized carbons (Fsp3) is 0.348. The summed E-state index contributed by atoms with van der Waals surface area (Å²) in [5.74, 6) is -3.63. The highest BCUT2D eigenvalue weighted by molar-refractivity contribution is 9.10. The van der Waals surface area contributed by atoms with Crippen molar-refractivity contribution in [3.63, 3.8) is 0 Å². The van der Waals surface area contributed by atoms with Crippen LogP contribution in [0.25, 0.3) is 0 Å². The van der Waals surface area contributed by atoms with Crippen LogP contribution in [0.15, 0.2) is 59.1 Å². The normalized spacial score (nSPS) is 23.2. The third-order valence-corrected chi connectivity index (χ3v) is 5.62. The van der Waals surface area contributed by atoms with Crippen molar-refractivity contribution in [3.8, 4) is 0 Å². The van der Waals surface area contributed by atoms with Crippen LogP contribution >= 0.6 is 15.9 Å². The molecule has 5 nitrogen and oxygen atoms in total. The third-order valence-electron chi connectivity index (χ3n) is 5.09. The predicted octanol–water partition coefficient (Wildman–Crippen LogP) is 4.18. The Bertz CT molecular complexity index is 930. The van der Waals surface area contributed by atoms with Crippen LogP contribution in [-0.4, -0.2) is 30.4 Å². The largest absolute Gasteiger partial charge is 0.463 e. The van der Waals surface area contributed by atoms with Gasteiger partial charge in [0.1, 0.15) is 11.0 Å². The van der Waals surface area contributed by atoms with Crippen LogP contribution in [-0.2, 0) is 29.3 Å². The lowest BCUT2D eigenvalue weighted by Crippen LogP contribution is -2.36. The molecule has 0 radical (unpaired) electrons. The maximum Gasteiger partial charge on any atom is 0.374 e. The smallest absolute Gasteiger partial charge is 0.374 e. The molecule has 0 spiro atoms. The van der Waals surface area contributed by atoms with Crippen LogP contribution in [0.1, 0.15) is 37.8 Å². The maximum absolute atomic E-state index is 13.5. The molecule has 0 heterocycles. The maximum atomic E-state index is 13.5. The van der Waals surface area contributed by atoms with Crippen molar-refractivity contribution >= 4 is 33.7 Å². The number of Topliss-reactive ketones (excluding diaryl/α,β-unsaturated/α-hetero) is 1. The minimum Gasteiger partial charge on any atom is -0.463 e. The second-order valence-corrected chi connectivity index (χ2v) is 9.02. The number of rotatable bonds is 5. The molecule has 1 aliphatic carbocycles. The predicted molar refractivity (Wildman–Crippen MR) is 111 cm³/mol. The van der Waals surface area contributed by atoms with E-state index in [0.717, 1.165) is 17.1 Å². The summed E-state index contributed by atoms with van der Waals surface area (Å²) in [6.45, 7) is 5.33. The molecule has 0 N–H and O–H groups in total. The molecule has 0 unspecified atom stereocenters. The Hall–Kier alpha value is -2.47. The molecule has 1 aliphatic rings. The van der Waals surface area contributed by atoms with Crippen LogP contribution in [0.2, 0.25) is 0 Å². The highest BCUT2D eigenvalue weighted by Crippen LogP contribution is 2.67. The van der Waals surface area contributed by atoms with E-state index in [1.807, 2.05) is 42.5 Å². The van der Waals surface area contributed by atoms with Gasteiger partial charge in [-0.1, -0.05) is 58.4 Å². The van der Waals surface area contributed by atoms with E-state index in [1.54, 1.807) is 32.9 Å². The quantitative estimate of drug-likeness (QED) is 0.496. The zero-order chi connectivity index (χ0) is 21.4. The SMILES string of the molecule is COC(=O)C(=O)[C@@H]1[C@@H](c2ccccc2)[C@]1(C(=O)OC(C)(C)C)c1ccc(Br)cc1. The summed E-state index contributed by atoms with van der Waals surface area (Å²) in [4.78, 5) is 38.6. The van der Waals surface area contributed by atoms with Crippen molar-refractivity contribution in [2.45, 2.75) is 37.7 Å². The lowest BCUT2D eigenvalue weighted by molar-refractivity contribution is -0.160. The van der Waals surface area contributed by atoms with Crippen molar-refractivity contribution in [1.29, 1.82) is 0 Å². The van der Waals surface area contributed by atoms with Gasteiger partial charge in [0, 0.05) is 10.4 Å². The van der Waals surface area contributed by atoms with E-state index in [2.05, 4.69) is 20.7 Å². The summed E-state index contributed by atoms with van der Waals surface area (Å²) in [7, 11) is 1.16. The average molecular weight is 459 g/mol. The van der Waals surface area contributed by atoms with Crippen molar-refractivity contribution < 1.29 is 23.9 Å². The first-order valence-electron chi connectivity index (χ1n) is 9.29. The first kappa shape index (κ1) is 21.2. The number of halogens is 1. The highest BCUT2D eigenvalue weighted by atomic mass is 79.9. The average Bonchev–Trinajstić information content (AvgIpc) is 3.38. The zero-order valence-electron chi connectivity index (χ0n) is 16.8. The topological polar surface area (TPSA) is 69.7 Å². The molecule has 2 aromatic rings. The summed E-state index contributed by atoms with van der Waals surface area (Å²) in [5, 5.41) is 0. The van der Waals surface area contributed by atoms with Gasteiger partial charge in [0.2, 0.25) is 5.78 Å². The van der Waals surface area contributed by atoms with Gasteiger partial charge >= 0.3 is 11.9 Å². The van der Waals surface area contributed by atoms with Gasteiger partial charge in [0.05, 0.1) is 13.0 Å². The van der Waals surface area contributed by atoms with Gasteiger partial charge in [-0.25, -0.2) is 4.79 Å². The third kappa shape index (κ3) is 3.86.